The Kier molecular flexibility index (Phi) is 6.29. The Balaban J connectivity index is 4.08. The maximum Gasteiger partial charge on any atom is 0.306 e. The fraction of sp³-hybridized carbons (Fsp3) is 0.727. The average Bonchev–Trinajstić information content (AvgIpc) is 2.15. The monoisotopic (exact) mass is 184 g/mol. The smallest absolute Gasteiger partial charge is 0.306 e. The Hall–Kier alpha value is -0.790. The molecule has 0 heterocycles. The summed E-state index contributed by atoms with van der Waals surface area (Å²) in [4.78, 5) is 11.1. The number of rotatable bonds is 6. The molecule has 1 atom stereocenters. The van der Waals surface area contributed by atoms with Crippen molar-refractivity contribution < 1.29 is 9.53 Å². The van der Waals surface area contributed by atoms with Gasteiger partial charge < -0.3 is 4.74 Å². The molecule has 0 amide bonds. The topological polar surface area (TPSA) is 26.3 Å². The second kappa shape index (κ2) is 6.70. The van der Waals surface area contributed by atoms with Gasteiger partial charge in [0.25, 0.3) is 0 Å². The molecule has 0 aliphatic carbocycles. The van der Waals surface area contributed by atoms with Crippen molar-refractivity contribution in [2.75, 3.05) is 7.11 Å². The van der Waals surface area contributed by atoms with Gasteiger partial charge in [-0.2, -0.15) is 0 Å². The Bertz CT molecular complexity index is 173. The van der Waals surface area contributed by atoms with Crippen LogP contribution in [-0.2, 0) is 9.53 Å². The zero-order chi connectivity index (χ0) is 10.3. The van der Waals surface area contributed by atoms with Crippen molar-refractivity contribution in [3.05, 3.63) is 12.2 Å². The van der Waals surface area contributed by atoms with Gasteiger partial charge in [-0.25, -0.2) is 0 Å². The van der Waals surface area contributed by atoms with Crippen LogP contribution in [0.2, 0.25) is 0 Å². The van der Waals surface area contributed by atoms with E-state index >= 15 is 0 Å². The van der Waals surface area contributed by atoms with Crippen molar-refractivity contribution in [2.24, 2.45) is 5.92 Å². The number of esters is 1. The molecule has 0 aromatic heterocycles. The van der Waals surface area contributed by atoms with Gasteiger partial charge in [0, 0.05) is 0 Å². The number of ether oxygens (including phenoxy) is 1. The molecule has 1 unspecified atom stereocenters. The Morgan fingerprint density at radius 2 is 2.08 bits per heavy atom. The third-order valence-corrected chi connectivity index (χ3v) is 2.31. The minimum absolute atomic E-state index is 0.131. The largest absolute Gasteiger partial charge is 0.469 e. The molecule has 76 valence electrons. The van der Waals surface area contributed by atoms with Gasteiger partial charge in [0.15, 0.2) is 0 Å². The summed E-state index contributed by atoms with van der Waals surface area (Å²) >= 11 is 0. The molecule has 2 heteroatoms. The van der Waals surface area contributed by atoms with Gasteiger partial charge in [0.1, 0.15) is 0 Å². The van der Waals surface area contributed by atoms with Crippen LogP contribution in [0.4, 0.5) is 0 Å². The molecule has 0 saturated carbocycles. The van der Waals surface area contributed by atoms with Gasteiger partial charge >= 0.3 is 5.97 Å². The molecule has 0 radical (unpaired) electrons. The number of allylic oxidation sites excluding steroid dienone is 1. The van der Waals surface area contributed by atoms with Crippen LogP contribution in [-0.4, -0.2) is 13.1 Å². The predicted octanol–water partition coefficient (Wildman–Crippen LogP) is 2.93. The summed E-state index contributed by atoms with van der Waals surface area (Å²) in [6.07, 6.45) is 3.54. The van der Waals surface area contributed by atoms with Gasteiger partial charge in [-0.15, -0.1) is 0 Å². The molecule has 2 nitrogen and oxygen atoms in total. The summed E-state index contributed by atoms with van der Waals surface area (Å²) in [7, 11) is 1.43. The van der Waals surface area contributed by atoms with Crippen molar-refractivity contribution >= 4 is 5.97 Å². The summed E-state index contributed by atoms with van der Waals surface area (Å²) in [5, 5.41) is 0. The van der Waals surface area contributed by atoms with Crippen molar-refractivity contribution in [1.29, 1.82) is 0 Å². The van der Waals surface area contributed by atoms with E-state index in [-0.39, 0.29) is 5.97 Å². The first-order chi connectivity index (χ1) is 6.15. The van der Waals surface area contributed by atoms with E-state index in [2.05, 4.69) is 25.2 Å². The summed E-state index contributed by atoms with van der Waals surface area (Å²) in [5.74, 6) is 0.176. The SMILES string of the molecule is C=C(CC)C(CCC)CC(=O)OC. The van der Waals surface area contributed by atoms with Crippen molar-refractivity contribution in [2.45, 2.75) is 39.5 Å². The molecule has 0 aromatic carbocycles. The molecular formula is C11H20O2. The van der Waals surface area contributed by atoms with Crippen LogP contribution in [0.1, 0.15) is 39.5 Å². The van der Waals surface area contributed by atoms with Crippen LogP contribution in [0.15, 0.2) is 12.2 Å². The molecule has 0 rings (SSSR count). The minimum Gasteiger partial charge on any atom is -0.469 e. The lowest BCUT2D eigenvalue weighted by Gasteiger charge is -2.16. The number of carbonyl (C=O) groups is 1. The Morgan fingerprint density at radius 3 is 2.46 bits per heavy atom. The van der Waals surface area contributed by atoms with Crippen molar-refractivity contribution in [3.63, 3.8) is 0 Å². The van der Waals surface area contributed by atoms with Gasteiger partial charge in [-0.1, -0.05) is 32.4 Å². The molecule has 0 saturated heterocycles. The predicted molar refractivity (Wildman–Crippen MR) is 54.5 cm³/mol. The molecular weight excluding hydrogens is 164 g/mol. The van der Waals surface area contributed by atoms with Gasteiger partial charge in [-0.05, 0) is 18.8 Å². The first kappa shape index (κ1) is 12.2. The lowest BCUT2D eigenvalue weighted by atomic mass is 9.91. The average molecular weight is 184 g/mol. The van der Waals surface area contributed by atoms with E-state index in [4.69, 9.17) is 0 Å². The highest BCUT2D eigenvalue weighted by Gasteiger charge is 2.15. The van der Waals surface area contributed by atoms with E-state index in [1.165, 1.54) is 7.11 Å². The third-order valence-electron chi connectivity index (χ3n) is 2.31. The highest BCUT2D eigenvalue weighted by Crippen LogP contribution is 2.22. The molecule has 0 aromatic rings. The van der Waals surface area contributed by atoms with Crippen LogP contribution < -0.4 is 0 Å². The van der Waals surface area contributed by atoms with E-state index in [9.17, 15) is 4.79 Å². The standard InChI is InChI=1S/C11H20O2/c1-5-7-10(9(3)6-2)8-11(12)13-4/h10H,3,5-8H2,1-2,4H3. The zero-order valence-corrected chi connectivity index (χ0v) is 8.93. The van der Waals surface area contributed by atoms with E-state index in [0.717, 1.165) is 24.8 Å². The Labute approximate surface area is 81.0 Å². The minimum atomic E-state index is -0.131. The Morgan fingerprint density at radius 1 is 1.46 bits per heavy atom. The lowest BCUT2D eigenvalue weighted by Crippen LogP contribution is -2.11. The zero-order valence-electron chi connectivity index (χ0n) is 8.93. The van der Waals surface area contributed by atoms with Crippen molar-refractivity contribution in [3.8, 4) is 0 Å². The van der Waals surface area contributed by atoms with E-state index in [1.807, 2.05) is 0 Å². The van der Waals surface area contributed by atoms with Crippen LogP contribution >= 0.6 is 0 Å². The van der Waals surface area contributed by atoms with Crippen LogP contribution in [0.5, 0.6) is 0 Å². The fourth-order valence-corrected chi connectivity index (χ4v) is 1.37. The van der Waals surface area contributed by atoms with E-state index < -0.39 is 0 Å². The maximum absolute atomic E-state index is 11.1. The van der Waals surface area contributed by atoms with Crippen LogP contribution in [0.3, 0.4) is 0 Å². The lowest BCUT2D eigenvalue weighted by molar-refractivity contribution is -0.141. The highest BCUT2D eigenvalue weighted by atomic mass is 16.5. The maximum atomic E-state index is 11.1. The molecule has 0 fully saturated rings. The fourth-order valence-electron chi connectivity index (χ4n) is 1.37. The number of hydrogen-bond donors (Lipinski definition) is 0. The summed E-state index contributed by atoms with van der Waals surface area (Å²) < 4.78 is 4.64. The molecule has 13 heavy (non-hydrogen) atoms. The third kappa shape index (κ3) is 4.71. The second-order valence-corrected chi connectivity index (χ2v) is 3.28. The molecule has 0 spiro atoms. The number of carbonyl (C=O) groups excluding carboxylic acids is 1. The van der Waals surface area contributed by atoms with E-state index in [1.54, 1.807) is 0 Å². The van der Waals surface area contributed by atoms with Crippen molar-refractivity contribution in [1.82, 2.24) is 0 Å². The van der Waals surface area contributed by atoms with Crippen LogP contribution in [0.25, 0.3) is 0 Å². The van der Waals surface area contributed by atoms with Gasteiger partial charge in [0.05, 0.1) is 13.5 Å². The quantitative estimate of drug-likeness (QED) is 0.468. The number of hydrogen-bond acceptors (Lipinski definition) is 2. The highest BCUT2D eigenvalue weighted by molar-refractivity contribution is 5.69. The summed E-state index contributed by atoms with van der Waals surface area (Å²) in [5.41, 5.74) is 1.16. The normalized spacial score (nSPS) is 12.2. The molecule has 0 N–H and O–H groups in total. The van der Waals surface area contributed by atoms with E-state index in [0.29, 0.717) is 12.3 Å². The molecule has 0 aliphatic heterocycles. The van der Waals surface area contributed by atoms with Gasteiger partial charge in [0.2, 0.25) is 0 Å². The van der Waals surface area contributed by atoms with Crippen LogP contribution in [0, 0.1) is 5.92 Å². The number of methoxy groups -OCH3 is 1. The molecule has 0 bridgehead atoms. The summed E-state index contributed by atoms with van der Waals surface area (Å²) in [6, 6.07) is 0. The summed E-state index contributed by atoms with van der Waals surface area (Å²) in [6.45, 7) is 8.16. The second-order valence-electron chi connectivity index (χ2n) is 3.28. The first-order valence-electron chi connectivity index (χ1n) is 4.90. The van der Waals surface area contributed by atoms with Gasteiger partial charge in [-0.3, -0.25) is 4.79 Å². The first-order valence-corrected chi connectivity index (χ1v) is 4.90. The molecule has 0 aliphatic rings.